The van der Waals surface area contributed by atoms with Crippen LogP contribution in [-0.2, 0) is 16.1 Å². The molecule has 0 saturated heterocycles. The van der Waals surface area contributed by atoms with E-state index < -0.39 is 5.97 Å². The fraction of sp³-hybridized carbons (Fsp3) is 0.667. The number of nitrogens with zero attached hydrogens (tertiary/aromatic N) is 5. The molecule has 8 nitrogen and oxygen atoms in total. The van der Waals surface area contributed by atoms with Crippen molar-refractivity contribution in [3.05, 3.63) is 6.33 Å². The van der Waals surface area contributed by atoms with Gasteiger partial charge in [-0.15, -0.1) is 5.10 Å². The Morgan fingerprint density at radius 1 is 1.47 bits per heavy atom. The molecule has 1 N–H and O–H groups in total. The Morgan fingerprint density at radius 2 is 2.24 bits per heavy atom. The summed E-state index contributed by atoms with van der Waals surface area (Å²) in [6.07, 6.45) is 3.22. The fourth-order valence-corrected chi connectivity index (χ4v) is 1.60. The van der Waals surface area contributed by atoms with E-state index in [1.807, 2.05) is 0 Å². The first-order valence-corrected chi connectivity index (χ1v) is 5.39. The Morgan fingerprint density at radius 3 is 2.76 bits per heavy atom. The zero-order chi connectivity index (χ0) is 12.3. The van der Waals surface area contributed by atoms with Crippen molar-refractivity contribution in [2.45, 2.75) is 31.8 Å². The van der Waals surface area contributed by atoms with E-state index in [9.17, 15) is 9.59 Å². The third-order valence-corrected chi connectivity index (χ3v) is 2.56. The molecule has 1 fully saturated rings. The van der Waals surface area contributed by atoms with Crippen LogP contribution in [0.25, 0.3) is 0 Å². The topological polar surface area (TPSA) is 101 Å². The highest BCUT2D eigenvalue weighted by Crippen LogP contribution is 2.27. The molecular formula is C9H13N5O3. The standard InChI is InChI=1S/C9H13N5O3/c15-8(5-13-6-10-11-12-13)14(7-1-2-7)4-3-9(16)17/h6-7H,1-5H2,(H,16,17). The first-order valence-electron chi connectivity index (χ1n) is 5.39. The van der Waals surface area contributed by atoms with Gasteiger partial charge in [0, 0.05) is 12.6 Å². The van der Waals surface area contributed by atoms with Gasteiger partial charge in [0.25, 0.3) is 0 Å². The summed E-state index contributed by atoms with van der Waals surface area (Å²) in [7, 11) is 0. The quantitative estimate of drug-likeness (QED) is 0.693. The summed E-state index contributed by atoms with van der Waals surface area (Å²) in [5, 5.41) is 19.1. The van der Waals surface area contributed by atoms with Crippen LogP contribution in [0.4, 0.5) is 0 Å². The average Bonchev–Trinajstić information content (AvgIpc) is 2.97. The summed E-state index contributed by atoms with van der Waals surface area (Å²) in [4.78, 5) is 24.0. The van der Waals surface area contributed by atoms with Crippen LogP contribution in [0.3, 0.4) is 0 Å². The van der Waals surface area contributed by atoms with Gasteiger partial charge in [-0.1, -0.05) is 0 Å². The number of carboxylic acids is 1. The smallest absolute Gasteiger partial charge is 0.305 e. The van der Waals surface area contributed by atoms with Gasteiger partial charge in [-0.2, -0.15) is 0 Å². The molecule has 1 aliphatic rings. The Labute approximate surface area is 97.2 Å². The van der Waals surface area contributed by atoms with E-state index in [2.05, 4.69) is 15.5 Å². The summed E-state index contributed by atoms with van der Waals surface area (Å²) in [5.41, 5.74) is 0. The van der Waals surface area contributed by atoms with Crippen molar-refractivity contribution in [1.29, 1.82) is 0 Å². The lowest BCUT2D eigenvalue weighted by Crippen LogP contribution is -2.37. The summed E-state index contributed by atoms with van der Waals surface area (Å²) < 4.78 is 1.33. The fourth-order valence-electron chi connectivity index (χ4n) is 1.60. The van der Waals surface area contributed by atoms with Crippen LogP contribution in [0.15, 0.2) is 6.33 Å². The predicted octanol–water partition coefficient (Wildman–Crippen LogP) is -0.861. The molecule has 2 rings (SSSR count). The van der Waals surface area contributed by atoms with Crippen molar-refractivity contribution in [2.24, 2.45) is 0 Å². The maximum Gasteiger partial charge on any atom is 0.305 e. The van der Waals surface area contributed by atoms with Crippen LogP contribution in [0.5, 0.6) is 0 Å². The highest BCUT2D eigenvalue weighted by Gasteiger charge is 2.32. The monoisotopic (exact) mass is 239 g/mol. The second kappa shape index (κ2) is 4.89. The third-order valence-electron chi connectivity index (χ3n) is 2.56. The van der Waals surface area contributed by atoms with Gasteiger partial charge in [0.2, 0.25) is 5.91 Å². The van der Waals surface area contributed by atoms with Crippen LogP contribution in [0.1, 0.15) is 19.3 Å². The molecule has 1 aromatic rings. The number of aliphatic carboxylic acids is 1. The molecule has 0 aromatic carbocycles. The van der Waals surface area contributed by atoms with Crippen LogP contribution in [0, 0.1) is 0 Å². The molecule has 1 amide bonds. The Hall–Kier alpha value is -1.99. The molecule has 8 heteroatoms. The van der Waals surface area contributed by atoms with E-state index in [0.29, 0.717) is 0 Å². The van der Waals surface area contributed by atoms with Gasteiger partial charge in [-0.3, -0.25) is 9.59 Å². The third kappa shape index (κ3) is 3.23. The number of aromatic nitrogens is 4. The number of hydrogen-bond donors (Lipinski definition) is 1. The summed E-state index contributed by atoms with van der Waals surface area (Å²) in [6, 6.07) is 0.193. The number of tetrazole rings is 1. The van der Waals surface area contributed by atoms with Crippen molar-refractivity contribution in [3.8, 4) is 0 Å². The molecule has 0 spiro atoms. The van der Waals surface area contributed by atoms with Gasteiger partial charge in [0.05, 0.1) is 6.42 Å². The van der Waals surface area contributed by atoms with Gasteiger partial charge in [0.1, 0.15) is 12.9 Å². The van der Waals surface area contributed by atoms with Crippen LogP contribution in [-0.4, -0.2) is 54.7 Å². The van der Waals surface area contributed by atoms with Gasteiger partial charge >= 0.3 is 5.97 Å². The normalized spacial score (nSPS) is 14.6. The van der Waals surface area contributed by atoms with Gasteiger partial charge in [-0.25, -0.2) is 4.68 Å². The number of amides is 1. The number of rotatable bonds is 6. The van der Waals surface area contributed by atoms with E-state index in [0.717, 1.165) is 12.8 Å². The molecule has 17 heavy (non-hydrogen) atoms. The lowest BCUT2D eigenvalue weighted by Gasteiger charge is -2.21. The first kappa shape index (κ1) is 11.5. The second-order valence-electron chi connectivity index (χ2n) is 3.97. The van der Waals surface area contributed by atoms with Crippen molar-refractivity contribution in [1.82, 2.24) is 25.1 Å². The minimum absolute atomic E-state index is 0.0299. The second-order valence-corrected chi connectivity index (χ2v) is 3.97. The molecule has 0 radical (unpaired) electrons. The molecule has 1 saturated carbocycles. The first-order chi connectivity index (χ1) is 8.16. The number of carbonyl (C=O) groups is 2. The Kier molecular flexibility index (Phi) is 3.31. The van der Waals surface area contributed by atoms with E-state index in [-0.39, 0.29) is 31.5 Å². The van der Waals surface area contributed by atoms with Crippen LogP contribution >= 0.6 is 0 Å². The lowest BCUT2D eigenvalue weighted by molar-refractivity contribution is -0.138. The SMILES string of the molecule is O=C(O)CCN(C(=O)Cn1cnnn1)C1CC1. The molecule has 1 heterocycles. The summed E-state index contributed by atoms with van der Waals surface area (Å²) in [5.74, 6) is -1.04. The van der Waals surface area contributed by atoms with E-state index in [1.54, 1.807) is 4.90 Å². The lowest BCUT2D eigenvalue weighted by atomic mass is 10.3. The van der Waals surface area contributed by atoms with Crippen molar-refractivity contribution >= 4 is 11.9 Å². The molecule has 0 atom stereocenters. The maximum absolute atomic E-state index is 11.9. The van der Waals surface area contributed by atoms with Crippen molar-refractivity contribution in [2.75, 3.05) is 6.54 Å². The zero-order valence-corrected chi connectivity index (χ0v) is 9.19. The predicted molar refractivity (Wildman–Crippen MR) is 54.8 cm³/mol. The molecule has 0 unspecified atom stereocenters. The molecule has 1 aromatic heterocycles. The molecular weight excluding hydrogens is 226 g/mol. The maximum atomic E-state index is 11.9. The average molecular weight is 239 g/mol. The van der Waals surface area contributed by atoms with Crippen LogP contribution < -0.4 is 0 Å². The highest BCUT2D eigenvalue weighted by molar-refractivity contribution is 5.77. The Bertz CT molecular complexity index is 401. The molecule has 0 aliphatic heterocycles. The number of hydrogen-bond acceptors (Lipinski definition) is 5. The van der Waals surface area contributed by atoms with E-state index in [4.69, 9.17) is 5.11 Å². The largest absolute Gasteiger partial charge is 0.481 e. The van der Waals surface area contributed by atoms with Gasteiger partial charge in [-0.05, 0) is 23.3 Å². The minimum atomic E-state index is -0.897. The molecule has 0 bridgehead atoms. The molecule has 92 valence electrons. The Balaban J connectivity index is 1.91. The van der Waals surface area contributed by atoms with Gasteiger partial charge in [0.15, 0.2) is 0 Å². The summed E-state index contributed by atoms with van der Waals surface area (Å²) >= 11 is 0. The number of carbonyl (C=O) groups excluding carboxylic acids is 1. The zero-order valence-electron chi connectivity index (χ0n) is 9.19. The number of carboxylic acid groups (broad SMARTS) is 1. The van der Waals surface area contributed by atoms with Gasteiger partial charge < -0.3 is 10.0 Å². The van der Waals surface area contributed by atoms with Crippen molar-refractivity contribution in [3.63, 3.8) is 0 Å². The van der Waals surface area contributed by atoms with Crippen molar-refractivity contribution < 1.29 is 14.7 Å². The van der Waals surface area contributed by atoms with E-state index >= 15 is 0 Å². The summed E-state index contributed by atoms with van der Waals surface area (Å²) in [6.45, 7) is 0.310. The highest BCUT2D eigenvalue weighted by atomic mass is 16.4. The van der Waals surface area contributed by atoms with Crippen LogP contribution in [0.2, 0.25) is 0 Å². The minimum Gasteiger partial charge on any atom is -0.481 e. The molecule has 1 aliphatic carbocycles. The van der Waals surface area contributed by atoms with E-state index in [1.165, 1.54) is 11.0 Å².